The molecule has 1 aromatic carbocycles. The highest BCUT2D eigenvalue weighted by Gasteiger charge is 2.12. The van der Waals surface area contributed by atoms with Gasteiger partial charge in [-0.25, -0.2) is 4.79 Å². The Labute approximate surface area is 110 Å². The maximum Gasteiger partial charge on any atom is 0.337 e. The number of carbonyl (C=O) groups is 2. The largest absolute Gasteiger partial charge is 0.465 e. The van der Waals surface area contributed by atoms with Crippen LogP contribution in [0.5, 0.6) is 0 Å². The number of fused-ring (bicyclic) bond motifs is 1. The summed E-state index contributed by atoms with van der Waals surface area (Å²) in [6, 6.07) is 6.86. The van der Waals surface area contributed by atoms with E-state index in [4.69, 9.17) is 4.42 Å². The maximum absolute atomic E-state index is 11.6. The highest BCUT2D eigenvalue weighted by Crippen LogP contribution is 2.21. The number of furan rings is 1. The third-order valence-corrected chi connectivity index (χ3v) is 2.82. The molecule has 0 aliphatic heterocycles. The second-order valence-corrected chi connectivity index (χ2v) is 4.42. The van der Waals surface area contributed by atoms with Crippen LogP contribution in [0.2, 0.25) is 0 Å². The molecule has 0 spiro atoms. The van der Waals surface area contributed by atoms with Crippen molar-refractivity contribution in [2.24, 2.45) is 0 Å². The first-order valence-corrected chi connectivity index (χ1v) is 5.82. The molecule has 0 saturated heterocycles. The van der Waals surface area contributed by atoms with E-state index in [0.29, 0.717) is 16.9 Å². The van der Waals surface area contributed by atoms with E-state index in [-0.39, 0.29) is 12.3 Å². The average molecular weight is 261 g/mol. The number of methoxy groups -OCH3 is 1. The number of carbonyl (C=O) groups excluding carboxylic acids is 2. The predicted octanol–water partition coefficient (Wildman–Crippen LogP) is 1.85. The Hall–Kier alpha value is -2.30. The van der Waals surface area contributed by atoms with Gasteiger partial charge >= 0.3 is 5.97 Å². The van der Waals surface area contributed by atoms with Gasteiger partial charge in [0.1, 0.15) is 11.3 Å². The van der Waals surface area contributed by atoms with Gasteiger partial charge in [0, 0.05) is 19.5 Å². The molecule has 2 aromatic rings. The van der Waals surface area contributed by atoms with Gasteiger partial charge in [0.15, 0.2) is 0 Å². The van der Waals surface area contributed by atoms with E-state index in [1.165, 1.54) is 12.0 Å². The Morgan fingerprint density at radius 3 is 2.63 bits per heavy atom. The highest BCUT2D eigenvalue weighted by atomic mass is 16.5. The van der Waals surface area contributed by atoms with E-state index in [0.717, 1.165) is 5.39 Å². The normalized spacial score (nSPS) is 10.5. The van der Waals surface area contributed by atoms with Gasteiger partial charge in [-0.2, -0.15) is 0 Å². The first kappa shape index (κ1) is 13.1. The summed E-state index contributed by atoms with van der Waals surface area (Å²) in [6.45, 7) is 0. The lowest BCUT2D eigenvalue weighted by Crippen LogP contribution is -2.23. The molecule has 5 nitrogen and oxygen atoms in total. The minimum Gasteiger partial charge on any atom is -0.465 e. The van der Waals surface area contributed by atoms with Crippen molar-refractivity contribution in [2.45, 2.75) is 6.42 Å². The molecule has 0 atom stereocenters. The van der Waals surface area contributed by atoms with Crippen molar-refractivity contribution in [3.8, 4) is 0 Å². The minimum atomic E-state index is -0.413. The molecule has 0 fully saturated rings. The van der Waals surface area contributed by atoms with Crippen molar-refractivity contribution >= 4 is 22.8 Å². The van der Waals surface area contributed by atoms with E-state index >= 15 is 0 Å². The van der Waals surface area contributed by atoms with Crippen LogP contribution in [0.25, 0.3) is 11.0 Å². The third-order valence-electron chi connectivity index (χ3n) is 2.82. The van der Waals surface area contributed by atoms with E-state index in [2.05, 4.69) is 4.74 Å². The smallest absolute Gasteiger partial charge is 0.337 e. The fourth-order valence-corrected chi connectivity index (χ4v) is 1.73. The van der Waals surface area contributed by atoms with Gasteiger partial charge in [0.05, 0.1) is 19.1 Å². The van der Waals surface area contributed by atoms with Gasteiger partial charge in [-0.15, -0.1) is 0 Å². The fourth-order valence-electron chi connectivity index (χ4n) is 1.73. The quantitative estimate of drug-likeness (QED) is 0.791. The number of likely N-dealkylation sites (N-methyl/N-ethyl adjacent to an activating group) is 1. The second-order valence-electron chi connectivity index (χ2n) is 4.42. The number of amides is 1. The molecule has 1 heterocycles. The summed E-state index contributed by atoms with van der Waals surface area (Å²) in [5.74, 6) is 0.132. The summed E-state index contributed by atoms with van der Waals surface area (Å²) < 4.78 is 10.2. The lowest BCUT2D eigenvalue weighted by Gasteiger charge is -2.07. The molecule has 1 aromatic heterocycles. The number of rotatable bonds is 3. The van der Waals surface area contributed by atoms with Crippen molar-refractivity contribution in [3.05, 3.63) is 35.6 Å². The fraction of sp³-hybridized carbons (Fsp3) is 0.286. The van der Waals surface area contributed by atoms with Crippen LogP contribution in [0.3, 0.4) is 0 Å². The van der Waals surface area contributed by atoms with Crippen LogP contribution in [0, 0.1) is 0 Å². The molecule has 19 heavy (non-hydrogen) atoms. The van der Waals surface area contributed by atoms with Crippen LogP contribution in [-0.2, 0) is 16.0 Å². The SMILES string of the molecule is COC(=O)c1ccc2cc(CC(=O)N(C)C)oc2c1. The molecular weight excluding hydrogens is 246 g/mol. The third kappa shape index (κ3) is 2.76. The zero-order chi connectivity index (χ0) is 14.0. The van der Waals surface area contributed by atoms with Gasteiger partial charge in [-0.1, -0.05) is 6.07 Å². The van der Waals surface area contributed by atoms with Gasteiger partial charge in [0.2, 0.25) is 5.91 Å². The first-order chi connectivity index (χ1) is 9.01. The maximum atomic E-state index is 11.6. The van der Waals surface area contributed by atoms with Crippen LogP contribution >= 0.6 is 0 Å². The van der Waals surface area contributed by atoms with E-state index in [9.17, 15) is 9.59 Å². The van der Waals surface area contributed by atoms with E-state index < -0.39 is 5.97 Å². The Morgan fingerprint density at radius 1 is 1.26 bits per heavy atom. The molecule has 1 amide bonds. The molecule has 0 N–H and O–H groups in total. The molecule has 100 valence electrons. The molecule has 0 saturated carbocycles. The minimum absolute atomic E-state index is 0.0350. The van der Waals surface area contributed by atoms with Crippen LogP contribution in [0.4, 0.5) is 0 Å². The van der Waals surface area contributed by atoms with Crippen LogP contribution in [0.1, 0.15) is 16.1 Å². The Balaban J connectivity index is 2.30. The van der Waals surface area contributed by atoms with Crippen LogP contribution in [0.15, 0.2) is 28.7 Å². The van der Waals surface area contributed by atoms with Gasteiger partial charge in [0.25, 0.3) is 0 Å². The highest BCUT2D eigenvalue weighted by molar-refractivity contribution is 5.94. The van der Waals surface area contributed by atoms with Crippen molar-refractivity contribution in [1.29, 1.82) is 0 Å². The Bertz CT molecular complexity index is 627. The first-order valence-electron chi connectivity index (χ1n) is 5.82. The van der Waals surface area contributed by atoms with Crippen molar-refractivity contribution < 1.29 is 18.7 Å². The average Bonchev–Trinajstić information content (AvgIpc) is 2.78. The molecule has 2 rings (SSSR count). The molecule has 0 unspecified atom stereocenters. The number of ether oxygens (including phenoxy) is 1. The van der Waals surface area contributed by atoms with Crippen molar-refractivity contribution in [2.75, 3.05) is 21.2 Å². The zero-order valence-corrected chi connectivity index (χ0v) is 11.1. The summed E-state index contributed by atoms with van der Waals surface area (Å²) in [5.41, 5.74) is 0.999. The van der Waals surface area contributed by atoms with E-state index in [1.54, 1.807) is 38.4 Å². The zero-order valence-electron chi connectivity index (χ0n) is 11.1. The topological polar surface area (TPSA) is 59.8 Å². The second kappa shape index (κ2) is 5.14. The van der Waals surface area contributed by atoms with Crippen molar-refractivity contribution in [1.82, 2.24) is 4.90 Å². The number of esters is 1. The number of nitrogens with zero attached hydrogens (tertiary/aromatic N) is 1. The summed E-state index contributed by atoms with van der Waals surface area (Å²) >= 11 is 0. The Morgan fingerprint density at radius 2 is 2.00 bits per heavy atom. The molecule has 0 radical (unpaired) electrons. The lowest BCUT2D eigenvalue weighted by atomic mass is 10.1. The van der Waals surface area contributed by atoms with Crippen molar-refractivity contribution in [3.63, 3.8) is 0 Å². The predicted molar refractivity (Wildman–Crippen MR) is 70.0 cm³/mol. The van der Waals surface area contributed by atoms with Crippen LogP contribution in [-0.4, -0.2) is 38.0 Å². The molecule has 5 heteroatoms. The van der Waals surface area contributed by atoms with Gasteiger partial charge in [-0.3, -0.25) is 4.79 Å². The van der Waals surface area contributed by atoms with E-state index in [1.807, 2.05) is 0 Å². The molecule has 0 bridgehead atoms. The number of hydrogen-bond acceptors (Lipinski definition) is 4. The summed E-state index contributed by atoms with van der Waals surface area (Å²) in [5, 5.41) is 0.856. The lowest BCUT2D eigenvalue weighted by molar-refractivity contribution is -0.128. The molecule has 0 aliphatic rings. The van der Waals surface area contributed by atoms with Gasteiger partial charge in [-0.05, 0) is 18.2 Å². The summed E-state index contributed by atoms with van der Waals surface area (Å²) in [7, 11) is 4.72. The monoisotopic (exact) mass is 261 g/mol. The van der Waals surface area contributed by atoms with Gasteiger partial charge < -0.3 is 14.1 Å². The Kier molecular flexibility index (Phi) is 3.55. The summed E-state index contributed by atoms with van der Waals surface area (Å²) in [4.78, 5) is 24.5. The standard InChI is InChI=1S/C14H15NO4/c1-15(2)13(16)8-11-6-9-4-5-10(14(17)18-3)7-12(9)19-11/h4-7H,8H2,1-3H3. The number of benzene rings is 1. The number of hydrogen-bond donors (Lipinski definition) is 0. The molecule has 0 aliphatic carbocycles. The molecular formula is C14H15NO4. The van der Waals surface area contributed by atoms with Crippen LogP contribution < -0.4 is 0 Å². The summed E-state index contributed by atoms with van der Waals surface area (Å²) in [6.07, 6.45) is 0.204.